The smallest absolute Gasteiger partial charge is 0.259 e. The number of hydrogen-bond donors (Lipinski definition) is 1. The Kier molecular flexibility index (Phi) is 5.19. The third kappa shape index (κ3) is 3.63. The summed E-state index contributed by atoms with van der Waals surface area (Å²) < 4.78 is 3.90. The summed E-state index contributed by atoms with van der Waals surface area (Å²) in [4.78, 5) is 39.1. The van der Waals surface area contributed by atoms with Crippen LogP contribution >= 0.6 is 11.8 Å². The lowest BCUT2D eigenvalue weighted by molar-refractivity contribution is -0.134. The van der Waals surface area contributed by atoms with Crippen LogP contribution in [-0.4, -0.2) is 51.1 Å². The average Bonchev–Trinajstić information content (AvgIpc) is 3.43. The van der Waals surface area contributed by atoms with E-state index in [1.165, 1.54) is 0 Å². The highest BCUT2D eigenvalue weighted by atomic mass is 35.5. The van der Waals surface area contributed by atoms with Gasteiger partial charge in [-0.05, 0) is 66.6 Å². The zero-order chi connectivity index (χ0) is 24.3. The number of hydrogen-bond acceptors (Lipinski definition) is 5. The van der Waals surface area contributed by atoms with Crippen LogP contribution in [0.1, 0.15) is 54.1 Å². The summed E-state index contributed by atoms with van der Waals surface area (Å²) in [6.07, 6.45) is 7.16. The Morgan fingerprint density at radius 2 is 1.94 bits per heavy atom. The monoisotopic (exact) mass is 491 g/mol. The lowest BCUT2D eigenvalue weighted by Crippen LogP contribution is -2.53. The highest BCUT2D eigenvalue weighted by Crippen LogP contribution is 2.41. The van der Waals surface area contributed by atoms with Crippen molar-refractivity contribution in [1.29, 1.82) is 0 Å². The van der Waals surface area contributed by atoms with Crippen molar-refractivity contribution >= 4 is 46.0 Å². The van der Waals surface area contributed by atoms with Gasteiger partial charge in [0.1, 0.15) is 6.04 Å². The Balaban J connectivity index is 1.32. The Morgan fingerprint density at radius 3 is 2.71 bits per heavy atom. The summed E-state index contributed by atoms with van der Waals surface area (Å²) in [5.41, 5.74) is 3.48. The second kappa shape index (κ2) is 8.17. The number of rotatable bonds is 4. The topological polar surface area (TPSA) is 87.5 Å². The van der Waals surface area contributed by atoms with Crippen LogP contribution in [0.15, 0.2) is 42.7 Å². The molecule has 2 fully saturated rings. The van der Waals surface area contributed by atoms with Crippen LogP contribution in [0.5, 0.6) is 0 Å². The van der Waals surface area contributed by atoms with Crippen molar-refractivity contribution in [3.8, 4) is 0 Å². The normalized spacial score (nSPS) is 22.2. The molecule has 1 aromatic heterocycles. The summed E-state index contributed by atoms with van der Waals surface area (Å²) >= 11 is 6.15. The Hall–Kier alpha value is -3.23. The van der Waals surface area contributed by atoms with Crippen LogP contribution < -0.4 is 10.2 Å². The maximum atomic E-state index is 13.3. The molecule has 8 nitrogen and oxygen atoms in total. The lowest BCUT2D eigenvalue weighted by Gasteiger charge is -2.36. The number of nitrogens with one attached hydrogen (secondary N) is 1. The molecule has 0 bridgehead atoms. The van der Waals surface area contributed by atoms with Gasteiger partial charge < -0.3 is 0 Å². The largest absolute Gasteiger partial charge is 0.295 e. The zero-order valence-electron chi connectivity index (χ0n) is 19.5. The molecular formula is C26H26ClN5O3. The van der Waals surface area contributed by atoms with E-state index < -0.39 is 11.9 Å². The van der Waals surface area contributed by atoms with Gasteiger partial charge in [-0.2, -0.15) is 5.10 Å². The maximum Gasteiger partial charge on any atom is 0.259 e. The van der Waals surface area contributed by atoms with Crippen LogP contribution in [0.25, 0.3) is 10.8 Å². The quantitative estimate of drug-likeness (QED) is 0.446. The van der Waals surface area contributed by atoms with Gasteiger partial charge in [-0.3, -0.25) is 29.3 Å². The number of benzene rings is 2. The molecule has 0 saturated carbocycles. The van der Waals surface area contributed by atoms with E-state index in [0.717, 1.165) is 53.5 Å². The van der Waals surface area contributed by atoms with Gasteiger partial charge in [0.2, 0.25) is 11.8 Å². The van der Waals surface area contributed by atoms with E-state index in [9.17, 15) is 14.4 Å². The van der Waals surface area contributed by atoms with Crippen LogP contribution in [0.3, 0.4) is 0 Å². The van der Waals surface area contributed by atoms with Crippen LogP contribution in [-0.2, 0) is 21.5 Å². The van der Waals surface area contributed by atoms with Crippen molar-refractivity contribution in [2.45, 2.75) is 50.6 Å². The molecule has 180 valence electrons. The molecule has 2 aromatic carbocycles. The number of carbonyl (C=O) groups is 3. The van der Waals surface area contributed by atoms with E-state index in [2.05, 4.69) is 28.2 Å². The molecule has 3 aromatic rings. The predicted octanol–water partition coefficient (Wildman–Crippen LogP) is 3.36. The van der Waals surface area contributed by atoms with Gasteiger partial charge in [0.15, 0.2) is 0 Å². The van der Waals surface area contributed by atoms with Gasteiger partial charge in [-0.15, -0.1) is 0 Å². The average molecular weight is 492 g/mol. The summed E-state index contributed by atoms with van der Waals surface area (Å²) in [6.45, 7) is 3.89. The van der Waals surface area contributed by atoms with Crippen LogP contribution in [0.4, 0.5) is 5.69 Å². The van der Waals surface area contributed by atoms with Gasteiger partial charge >= 0.3 is 0 Å². The van der Waals surface area contributed by atoms with E-state index in [1.807, 2.05) is 40.9 Å². The summed E-state index contributed by atoms with van der Waals surface area (Å²) in [5.74, 6) is -0.900. The van der Waals surface area contributed by atoms with Gasteiger partial charge in [0.25, 0.3) is 5.91 Å². The first kappa shape index (κ1) is 22.2. The number of aromatic nitrogens is 2. The molecule has 6 rings (SSSR count). The molecule has 35 heavy (non-hydrogen) atoms. The number of carbonyl (C=O) groups excluding carboxylic acids is 3. The molecule has 1 atom stereocenters. The van der Waals surface area contributed by atoms with Crippen molar-refractivity contribution in [3.05, 3.63) is 59.4 Å². The minimum absolute atomic E-state index is 0.0550. The van der Waals surface area contributed by atoms with Crippen LogP contribution in [0, 0.1) is 0 Å². The number of nitrogens with zero attached hydrogens (tertiary/aromatic N) is 4. The third-order valence-corrected chi connectivity index (χ3v) is 8.05. The minimum Gasteiger partial charge on any atom is -0.295 e. The highest BCUT2D eigenvalue weighted by Gasteiger charge is 2.41. The Bertz CT molecular complexity index is 1370. The van der Waals surface area contributed by atoms with Gasteiger partial charge in [0, 0.05) is 43.1 Å². The standard InChI is InChI=1S/C26H26ClN5O3/c1-26(9-11-30(27)12-10-26)31-15-16(14-28-31)13-17-5-6-20-23-18(17)3-2-4-19(23)25(35)32(20)21-7-8-22(33)29-24(21)34/h2-6,14-15,21H,7-13H2,1H3,(H,29,33,34). The number of halogens is 1. The van der Waals surface area contributed by atoms with Crippen LogP contribution in [0.2, 0.25) is 0 Å². The van der Waals surface area contributed by atoms with Crippen molar-refractivity contribution in [2.24, 2.45) is 0 Å². The van der Waals surface area contributed by atoms with Gasteiger partial charge in [-0.1, -0.05) is 18.2 Å². The first-order valence-corrected chi connectivity index (χ1v) is 12.3. The molecule has 1 unspecified atom stereocenters. The molecule has 0 aliphatic carbocycles. The molecule has 3 aliphatic heterocycles. The number of imide groups is 1. The summed E-state index contributed by atoms with van der Waals surface area (Å²) in [7, 11) is 0. The van der Waals surface area contributed by atoms with E-state index in [0.29, 0.717) is 18.4 Å². The van der Waals surface area contributed by atoms with E-state index >= 15 is 0 Å². The molecule has 2 saturated heterocycles. The van der Waals surface area contributed by atoms with Crippen molar-refractivity contribution < 1.29 is 14.4 Å². The van der Waals surface area contributed by atoms with E-state index in [1.54, 1.807) is 4.90 Å². The molecule has 0 spiro atoms. The third-order valence-electron chi connectivity index (χ3n) is 7.71. The Morgan fingerprint density at radius 1 is 1.14 bits per heavy atom. The van der Waals surface area contributed by atoms with Gasteiger partial charge in [-0.25, -0.2) is 4.42 Å². The fraction of sp³-hybridized carbons (Fsp3) is 0.385. The summed E-state index contributed by atoms with van der Waals surface area (Å²) in [6, 6.07) is 9.01. The number of amides is 3. The lowest BCUT2D eigenvalue weighted by atomic mass is 9.91. The molecule has 4 heterocycles. The van der Waals surface area contributed by atoms with E-state index in [-0.39, 0.29) is 23.8 Å². The number of anilines is 1. The first-order chi connectivity index (χ1) is 16.8. The maximum absolute atomic E-state index is 13.3. The summed E-state index contributed by atoms with van der Waals surface area (Å²) in [5, 5.41) is 8.92. The highest BCUT2D eigenvalue weighted by molar-refractivity contribution is 6.27. The molecular weight excluding hydrogens is 466 g/mol. The molecule has 1 N–H and O–H groups in total. The predicted molar refractivity (Wildman–Crippen MR) is 132 cm³/mol. The van der Waals surface area contributed by atoms with Crippen molar-refractivity contribution in [2.75, 3.05) is 18.0 Å². The van der Waals surface area contributed by atoms with Gasteiger partial charge in [0.05, 0.1) is 17.4 Å². The fourth-order valence-corrected chi connectivity index (χ4v) is 5.78. The van der Waals surface area contributed by atoms with Crippen molar-refractivity contribution in [3.63, 3.8) is 0 Å². The second-order valence-corrected chi connectivity index (χ2v) is 10.5. The zero-order valence-corrected chi connectivity index (χ0v) is 20.2. The van der Waals surface area contributed by atoms with Crippen molar-refractivity contribution in [1.82, 2.24) is 19.5 Å². The molecule has 3 amide bonds. The Labute approximate surface area is 207 Å². The SMILES string of the molecule is CC1(n2cc(Cc3ccc4c5c(cccc35)C(=O)N4C3CCC(=O)NC3=O)cn2)CCN(Cl)CC1. The fourth-order valence-electron chi connectivity index (χ4n) is 5.62. The van der Waals surface area contributed by atoms with E-state index in [4.69, 9.17) is 11.8 Å². The molecule has 9 heteroatoms. The number of piperidine rings is 2. The second-order valence-electron chi connectivity index (χ2n) is 9.99. The molecule has 0 radical (unpaired) electrons. The first-order valence-electron chi connectivity index (χ1n) is 12.0. The molecule has 3 aliphatic rings. The minimum atomic E-state index is -0.681.